The predicted molar refractivity (Wildman–Crippen MR) is 101 cm³/mol. The Morgan fingerprint density at radius 2 is 1.70 bits per heavy atom. The molecule has 27 heavy (non-hydrogen) atoms. The highest BCUT2D eigenvalue weighted by Crippen LogP contribution is 2.16. The van der Waals surface area contributed by atoms with Crippen molar-refractivity contribution in [1.29, 1.82) is 0 Å². The van der Waals surface area contributed by atoms with Gasteiger partial charge >= 0.3 is 12.1 Å². The van der Waals surface area contributed by atoms with Gasteiger partial charge in [-0.1, -0.05) is 24.3 Å². The molecule has 0 saturated heterocycles. The first-order valence-corrected chi connectivity index (χ1v) is 8.65. The van der Waals surface area contributed by atoms with Crippen LogP contribution in [0.1, 0.15) is 18.1 Å². The van der Waals surface area contributed by atoms with E-state index in [2.05, 4.69) is 5.32 Å². The summed E-state index contributed by atoms with van der Waals surface area (Å²) in [6, 6.07) is 14.5. The zero-order chi connectivity index (χ0) is 19.6. The van der Waals surface area contributed by atoms with Crippen LogP contribution in [0.15, 0.2) is 48.5 Å². The van der Waals surface area contributed by atoms with Crippen molar-refractivity contribution in [3.63, 3.8) is 0 Å². The molecule has 7 heteroatoms. The van der Waals surface area contributed by atoms with Gasteiger partial charge in [0.1, 0.15) is 5.75 Å². The van der Waals surface area contributed by atoms with Gasteiger partial charge in [0.25, 0.3) is 0 Å². The quantitative estimate of drug-likeness (QED) is 0.622. The number of hydrogen-bond acceptors (Lipinski definition) is 4. The zero-order valence-corrected chi connectivity index (χ0v) is 15.1. The molecule has 0 heterocycles. The number of rotatable bonds is 10. The number of carboxylic acid groups (broad SMARTS) is 1. The Bertz CT molecular complexity index is 742. The summed E-state index contributed by atoms with van der Waals surface area (Å²) in [4.78, 5) is 21.8. The van der Waals surface area contributed by atoms with Gasteiger partial charge in [-0.3, -0.25) is 0 Å². The topological polar surface area (TPSA) is 108 Å². The van der Waals surface area contributed by atoms with Gasteiger partial charge in [-0.2, -0.15) is 0 Å². The molecule has 1 amide bonds. The fourth-order valence-electron chi connectivity index (χ4n) is 2.53. The van der Waals surface area contributed by atoms with Crippen molar-refractivity contribution < 1.29 is 29.3 Å². The summed E-state index contributed by atoms with van der Waals surface area (Å²) in [7, 11) is 0. The number of amides is 1. The molecule has 0 spiro atoms. The first-order valence-electron chi connectivity index (χ1n) is 8.65. The Kier molecular flexibility index (Phi) is 7.63. The van der Waals surface area contributed by atoms with E-state index in [4.69, 9.17) is 19.7 Å². The molecule has 0 unspecified atom stereocenters. The highest BCUT2D eigenvalue weighted by molar-refractivity contribution is 5.82. The van der Waals surface area contributed by atoms with Crippen molar-refractivity contribution in [3.05, 3.63) is 59.7 Å². The zero-order valence-electron chi connectivity index (χ0n) is 15.1. The number of carboxylic acids is 1. The molecular formula is C20H24NO6+. The van der Waals surface area contributed by atoms with Gasteiger partial charge < -0.3 is 19.7 Å². The van der Waals surface area contributed by atoms with Crippen molar-refractivity contribution in [2.24, 2.45) is 0 Å². The number of carbonyl (C=O) groups is 2. The molecule has 0 radical (unpaired) electrons. The lowest BCUT2D eigenvalue weighted by molar-refractivity contribution is -0.149. The minimum Gasteiger partial charge on any atom is -0.547 e. The summed E-state index contributed by atoms with van der Waals surface area (Å²) in [5, 5.41) is 18.4. The average Bonchev–Trinajstić information content (AvgIpc) is 2.63. The molecule has 0 aliphatic rings. The number of ether oxygens (including phenoxy) is 2. The lowest BCUT2D eigenvalue weighted by atomic mass is 10.1. The van der Waals surface area contributed by atoms with E-state index in [9.17, 15) is 9.59 Å². The predicted octanol–water partition coefficient (Wildman–Crippen LogP) is 2.60. The van der Waals surface area contributed by atoms with Crippen LogP contribution >= 0.6 is 0 Å². The molecule has 0 fully saturated rings. The standard InChI is InChI=1S/C20H23NO6/c1-2-26-18(19(22)23)13-15-5-9-17(10-6-15)27-12-11-14-3-7-16(8-4-14)21-20(24)25/h3-10,18,21H,2,11-13H2,1H3,(H,22,23)(H,24,25)/p+1/t18-/m0/s1. The number of benzene rings is 2. The number of anilines is 1. The number of aliphatic carboxylic acids is 1. The van der Waals surface area contributed by atoms with Crippen LogP contribution in [0.4, 0.5) is 10.5 Å². The largest absolute Gasteiger partial charge is 0.630 e. The van der Waals surface area contributed by atoms with Crippen LogP contribution in [0.2, 0.25) is 0 Å². The summed E-state index contributed by atoms with van der Waals surface area (Å²) >= 11 is 0. The normalized spacial score (nSPS) is 11.6. The molecule has 4 N–H and O–H groups in total. The smallest absolute Gasteiger partial charge is 0.547 e. The third-order valence-corrected chi connectivity index (χ3v) is 3.86. The van der Waals surface area contributed by atoms with Crippen LogP contribution in [0, 0.1) is 0 Å². The van der Waals surface area contributed by atoms with Crippen molar-refractivity contribution >= 4 is 17.7 Å². The third-order valence-electron chi connectivity index (χ3n) is 3.86. The fraction of sp³-hybridized carbons (Fsp3) is 0.300. The SMILES string of the molecule is CCO[C@@H](Cc1ccc(OCCc2ccc(NC(=O)[OH2+])cc2)cc1)C(=O)O. The Morgan fingerprint density at radius 1 is 1.07 bits per heavy atom. The van der Waals surface area contributed by atoms with Crippen LogP contribution in [-0.4, -0.2) is 41.6 Å². The second-order valence-corrected chi connectivity index (χ2v) is 5.88. The van der Waals surface area contributed by atoms with Gasteiger partial charge in [-0.15, -0.1) is 0 Å². The molecule has 0 aliphatic heterocycles. The molecule has 2 aromatic carbocycles. The maximum absolute atomic E-state index is 11.1. The Morgan fingerprint density at radius 3 is 2.26 bits per heavy atom. The molecule has 144 valence electrons. The van der Waals surface area contributed by atoms with E-state index < -0.39 is 18.2 Å². The van der Waals surface area contributed by atoms with Gasteiger partial charge in [0.05, 0.1) is 11.4 Å². The van der Waals surface area contributed by atoms with Crippen molar-refractivity contribution in [1.82, 2.24) is 0 Å². The summed E-state index contributed by atoms with van der Waals surface area (Å²) in [5.41, 5.74) is 2.51. The van der Waals surface area contributed by atoms with Gasteiger partial charge in [0.15, 0.2) is 6.10 Å². The van der Waals surface area contributed by atoms with Crippen LogP contribution in [0.5, 0.6) is 5.75 Å². The first kappa shape index (κ1) is 20.3. The van der Waals surface area contributed by atoms with E-state index >= 15 is 0 Å². The van der Waals surface area contributed by atoms with Crippen LogP contribution < -0.4 is 10.1 Å². The molecule has 0 aliphatic carbocycles. The second kappa shape index (κ2) is 10.2. The fourth-order valence-corrected chi connectivity index (χ4v) is 2.53. The maximum Gasteiger partial charge on any atom is 0.630 e. The monoisotopic (exact) mass is 374 g/mol. The Balaban J connectivity index is 1.81. The Hall–Kier alpha value is -3.06. The number of hydrogen-bond donors (Lipinski definition) is 2. The van der Waals surface area contributed by atoms with Crippen molar-refractivity contribution in [3.8, 4) is 5.75 Å². The van der Waals surface area contributed by atoms with E-state index in [1.165, 1.54) is 0 Å². The molecule has 0 bridgehead atoms. The molecule has 1 atom stereocenters. The van der Waals surface area contributed by atoms with Gasteiger partial charge in [0, 0.05) is 25.1 Å². The van der Waals surface area contributed by atoms with E-state index in [0.717, 1.165) is 11.1 Å². The molecule has 2 aromatic rings. The van der Waals surface area contributed by atoms with Crippen LogP contribution in [-0.2, 0) is 22.4 Å². The molecule has 0 aromatic heterocycles. The highest BCUT2D eigenvalue weighted by Gasteiger charge is 2.17. The summed E-state index contributed by atoms with van der Waals surface area (Å²) < 4.78 is 10.9. The van der Waals surface area contributed by atoms with E-state index in [1.54, 1.807) is 19.1 Å². The van der Waals surface area contributed by atoms with E-state index in [0.29, 0.717) is 37.5 Å². The molecule has 0 saturated carbocycles. The van der Waals surface area contributed by atoms with E-state index in [1.807, 2.05) is 36.4 Å². The maximum atomic E-state index is 11.1. The Labute approximate surface area is 157 Å². The molecular weight excluding hydrogens is 350 g/mol. The molecule has 2 rings (SSSR count). The average molecular weight is 374 g/mol. The second-order valence-electron chi connectivity index (χ2n) is 5.88. The van der Waals surface area contributed by atoms with Gasteiger partial charge in [-0.25, -0.2) is 10.1 Å². The van der Waals surface area contributed by atoms with Crippen molar-refractivity contribution in [2.75, 3.05) is 18.5 Å². The lowest BCUT2D eigenvalue weighted by Gasteiger charge is -2.13. The van der Waals surface area contributed by atoms with Crippen LogP contribution in [0.3, 0.4) is 0 Å². The summed E-state index contributed by atoms with van der Waals surface area (Å²) in [6.07, 6.45) is -0.678. The summed E-state index contributed by atoms with van der Waals surface area (Å²) in [5.74, 6) is -0.259. The number of carbonyl (C=O) groups excluding carboxylic acids is 1. The van der Waals surface area contributed by atoms with Gasteiger partial charge in [-0.05, 0) is 42.3 Å². The lowest BCUT2D eigenvalue weighted by Crippen LogP contribution is -2.26. The number of nitrogens with one attached hydrogen (secondary N) is 1. The van der Waals surface area contributed by atoms with Crippen LogP contribution in [0.25, 0.3) is 0 Å². The minimum atomic E-state index is -0.967. The summed E-state index contributed by atoms with van der Waals surface area (Å²) in [6.45, 7) is 2.61. The minimum absolute atomic E-state index is 0.310. The third kappa shape index (κ3) is 6.99. The first-order chi connectivity index (χ1) is 13.0. The van der Waals surface area contributed by atoms with Crippen molar-refractivity contribution in [2.45, 2.75) is 25.9 Å². The van der Waals surface area contributed by atoms with Gasteiger partial charge in [0.2, 0.25) is 0 Å². The molecule has 7 nitrogen and oxygen atoms in total. The van der Waals surface area contributed by atoms with E-state index in [-0.39, 0.29) is 0 Å². The highest BCUT2D eigenvalue weighted by atomic mass is 16.5.